The van der Waals surface area contributed by atoms with Crippen molar-refractivity contribution in [2.75, 3.05) is 11.9 Å². The minimum absolute atomic E-state index is 0.140. The first kappa shape index (κ1) is 19.7. The largest absolute Gasteiger partial charge is 0.480 e. The monoisotopic (exact) mass is 358 g/mol. The van der Waals surface area contributed by atoms with Crippen molar-refractivity contribution in [1.82, 2.24) is 4.90 Å². The fourth-order valence-corrected chi connectivity index (χ4v) is 3.21. The molecule has 1 saturated heterocycles. The van der Waals surface area contributed by atoms with Crippen LogP contribution in [0.25, 0.3) is 0 Å². The molecule has 0 aromatic heterocycles. The average molecular weight is 358 g/mol. The van der Waals surface area contributed by atoms with Gasteiger partial charge in [-0.3, -0.25) is 9.59 Å². The van der Waals surface area contributed by atoms with Crippen molar-refractivity contribution < 1.29 is 19.5 Å². The van der Waals surface area contributed by atoms with Gasteiger partial charge in [-0.15, -0.1) is 6.58 Å². The van der Waals surface area contributed by atoms with Crippen molar-refractivity contribution in [3.05, 3.63) is 42.0 Å². The Bertz CT molecular complexity index is 714. The Morgan fingerprint density at radius 2 is 2.08 bits per heavy atom. The van der Waals surface area contributed by atoms with Crippen molar-refractivity contribution in [2.24, 2.45) is 5.92 Å². The SMILES string of the molecule is C=C(C)CC(C)C(=O)Nc1cccc(C(=O)N2CCCCC2C(=O)O)c1. The van der Waals surface area contributed by atoms with Crippen molar-refractivity contribution in [1.29, 1.82) is 0 Å². The maximum atomic E-state index is 12.8. The van der Waals surface area contributed by atoms with E-state index in [1.165, 1.54) is 4.90 Å². The van der Waals surface area contributed by atoms with E-state index >= 15 is 0 Å². The first-order chi connectivity index (χ1) is 12.3. The molecule has 26 heavy (non-hydrogen) atoms. The fraction of sp³-hybridized carbons (Fsp3) is 0.450. The maximum Gasteiger partial charge on any atom is 0.326 e. The number of nitrogens with zero attached hydrogens (tertiary/aromatic N) is 1. The van der Waals surface area contributed by atoms with Crippen LogP contribution in [0.3, 0.4) is 0 Å². The lowest BCUT2D eigenvalue weighted by atomic mass is 10.0. The standard InChI is InChI=1S/C20H26N2O4/c1-13(2)11-14(3)18(23)21-16-8-6-7-15(12-16)19(24)22-10-5-4-9-17(22)20(25)26/h6-8,12,14,17H,1,4-5,9-11H2,2-3H3,(H,21,23)(H,25,26). The molecule has 2 N–H and O–H groups in total. The average Bonchev–Trinajstić information content (AvgIpc) is 2.60. The third-order valence-corrected chi connectivity index (χ3v) is 4.53. The molecule has 2 rings (SSSR count). The van der Waals surface area contributed by atoms with Gasteiger partial charge in [0.15, 0.2) is 0 Å². The van der Waals surface area contributed by atoms with Crippen molar-refractivity contribution >= 4 is 23.5 Å². The van der Waals surface area contributed by atoms with E-state index < -0.39 is 12.0 Å². The number of hydrogen-bond donors (Lipinski definition) is 2. The third-order valence-electron chi connectivity index (χ3n) is 4.53. The quantitative estimate of drug-likeness (QED) is 0.764. The summed E-state index contributed by atoms with van der Waals surface area (Å²) in [6.45, 7) is 7.95. The second-order valence-corrected chi connectivity index (χ2v) is 6.98. The third kappa shape index (κ3) is 4.94. The van der Waals surface area contributed by atoms with Crippen LogP contribution in [0.5, 0.6) is 0 Å². The van der Waals surface area contributed by atoms with Gasteiger partial charge in [-0.2, -0.15) is 0 Å². The number of aliphatic carboxylic acids is 1. The summed E-state index contributed by atoms with van der Waals surface area (Å²) in [5.41, 5.74) is 1.84. The molecule has 2 atom stereocenters. The van der Waals surface area contributed by atoms with E-state index in [1.807, 2.05) is 13.8 Å². The summed E-state index contributed by atoms with van der Waals surface area (Å²) in [5.74, 6) is -1.65. The van der Waals surface area contributed by atoms with Gasteiger partial charge >= 0.3 is 5.97 Å². The van der Waals surface area contributed by atoms with E-state index in [9.17, 15) is 19.5 Å². The van der Waals surface area contributed by atoms with Crippen LogP contribution in [0.4, 0.5) is 5.69 Å². The Morgan fingerprint density at radius 1 is 1.35 bits per heavy atom. The summed E-state index contributed by atoms with van der Waals surface area (Å²) in [5, 5.41) is 12.2. The summed E-state index contributed by atoms with van der Waals surface area (Å²) in [6, 6.07) is 5.86. The number of piperidine rings is 1. The molecule has 0 spiro atoms. The molecule has 6 nitrogen and oxygen atoms in total. The van der Waals surface area contributed by atoms with Gasteiger partial charge in [0, 0.05) is 23.7 Å². The number of likely N-dealkylation sites (tertiary alicyclic amines) is 1. The summed E-state index contributed by atoms with van der Waals surface area (Å²) >= 11 is 0. The second kappa shape index (κ2) is 8.65. The van der Waals surface area contributed by atoms with Gasteiger partial charge in [-0.05, 0) is 50.8 Å². The van der Waals surface area contributed by atoms with Gasteiger partial charge in [-0.25, -0.2) is 4.79 Å². The predicted octanol–water partition coefficient (Wildman–Crippen LogP) is 3.31. The predicted molar refractivity (Wildman–Crippen MR) is 100.0 cm³/mol. The molecular formula is C20H26N2O4. The number of nitrogens with one attached hydrogen (secondary N) is 1. The lowest BCUT2D eigenvalue weighted by Gasteiger charge is -2.33. The van der Waals surface area contributed by atoms with Crippen LogP contribution < -0.4 is 5.32 Å². The summed E-state index contributed by atoms with van der Waals surface area (Å²) in [6.07, 6.45) is 2.66. The van der Waals surface area contributed by atoms with Gasteiger partial charge in [0.1, 0.15) is 6.04 Å². The van der Waals surface area contributed by atoms with Gasteiger partial charge in [0.05, 0.1) is 0 Å². The van der Waals surface area contributed by atoms with Crippen LogP contribution in [0.2, 0.25) is 0 Å². The molecule has 2 amide bonds. The van der Waals surface area contributed by atoms with Gasteiger partial charge in [0.2, 0.25) is 5.91 Å². The lowest BCUT2D eigenvalue weighted by molar-refractivity contribution is -0.143. The van der Waals surface area contributed by atoms with Gasteiger partial charge in [-0.1, -0.05) is 18.6 Å². The molecule has 1 heterocycles. The van der Waals surface area contributed by atoms with Crippen molar-refractivity contribution in [3.63, 3.8) is 0 Å². The van der Waals surface area contributed by atoms with Crippen LogP contribution in [0.1, 0.15) is 49.9 Å². The van der Waals surface area contributed by atoms with Gasteiger partial charge in [0.25, 0.3) is 5.91 Å². The Balaban J connectivity index is 2.12. The smallest absolute Gasteiger partial charge is 0.326 e. The zero-order valence-corrected chi connectivity index (χ0v) is 15.3. The normalized spacial score (nSPS) is 18.1. The number of hydrogen-bond acceptors (Lipinski definition) is 3. The molecule has 1 aliphatic rings. The highest BCUT2D eigenvalue weighted by atomic mass is 16.4. The zero-order chi connectivity index (χ0) is 19.3. The number of amides is 2. The Kier molecular flexibility index (Phi) is 6.55. The topological polar surface area (TPSA) is 86.7 Å². The molecule has 1 fully saturated rings. The van der Waals surface area contributed by atoms with Crippen LogP contribution in [0.15, 0.2) is 36.4 Å². The fourth-order valence-electron chi connectivity index (χ4n) is 3.21. The Morgan fingerprint density at radius 3 is 2.73 bits per heavy atom. The molecule has 140 valence electrons. The van der Waals surface area contributed by atoms with E-state index in [1.54, 1.807) is 24.3 Å². The van der Waals surface area contributed by atoms with Crippen LogP contribution in [0, 0.1) is 5.92 Å². The van der Waals surface area contributed by atoms with Crippen molar-refractivity contribution in [2.45, 2.75) is 45.6 Å². The lowest BCUT2D eigenvalue weighted by Crippen LogP contribution is -2.48. The molecule has 0 aliphatic carbocycles. The Labute approximate surface area is 153 Å². The summed E-state index contributed by atoms with van der Waals surface area (Å²) in [7, 11) is 0. The molecule has 0 radical (unpaired) electrons. The van der Waals surface area contributed by atoms with Crippen molar-refractivity contribution in [3.8, 4) is 0 Å². The highest BCUT2D eigenvalue weighted by Crippen LogP contribution is 2.22. The highest BCUT2D eigenvalue weighted by Gasteiger charge is 2.32. The number of carboxylic acid groups (broad SMARTS) is 1. The first-order valence-electron chi connectivity index (χ1n) is 8.88. The minimum Gasteiger partial charge on any atom is -0.480 e. The number of carboxylic acids is 1. The molecule has 2 unspecified atom stereocenters. The molecule has 0 saturated carbocycles. The van der Waals surface area contributed by atoms with Crippen LogP contribution in [-0.4, -0.2) is 40.4 Å². The van der Waals surface area contributed by atoms with E-state index in [0.29, 0.717) is 30.6 Å². The minimum atomic E-state index is -0.976. The number of benzene rings is 1. The summed E-state index contributed by atoms with van der Waals surface area (Å²) in [4.78, 5) is 37.8. The van der Waals surface area contributed by atoms with Crippen LogP contribution >= 0.6 is 0 Å². The number of carbonyl (C=O) groups excluding carboxylic acids is 2. The number of rotatable bonds is 6. The summed E-state index contributed by atoms with van der Waals surface area (Å²) < 4.78 is 0. The van der Waals surface area contributed by atoms with E-state index in [0.717, 1.165) is 18.4 Å². The number of anilines is 1. The first-order valence-corrected chi connectivity index (χ1v) is 8.88. The second-order valence-electron chi connectivity index (χ2n) is 6.98. The number of carbonyl (C=O) groups is 3. The molecule has 1 aliphatic heterocycles. The molecular weight excluding hydrogens is 332 g/mol. The van der Waals surface area contributed by atoms with E-state index in [2.05, 4.69) is 11.9 Å². The molecule has 6 heteroatoms. The Hall–Kier alpha value is -2.63. The number of allylic oxidation sites excluding steroid dienone is 1. The highest BCUT2D eigenvalue weighted by molar-refractivity contribution is 5.99. The van der Waals surface area contributed by atoms with E-state index in [4.69, 9.17) is 0 Å². The molecule has 0 bridgehead atoms. The zero-order valence-electron chi connectivity index (χ0n) is 15.3. The van der Waals surface area contributed by atoms with Crippen LogP contribution in [-0.2, 0) is 9.59 Å². The van der Waals surface area contributed by atoms with Gasteiger partial charge < -0.3 is 15.3 Å². The molecule has 1 aromatic rings. The van der Waals surface area contributed by atoms with E-state index in [-0.39, 0.29) is 17.7 Å². The molecule has 1 aromatic carbocycles. The maximum absolute atomic E-state index is 12.8.